The molecule has 4 aromatic carbocycles. The van der Waals surface area contributed by atoms with Gasteiger partial charge in [0.25, 0.3) is 5.91 Å². The van der Waals surface area contributed by atoms with Gasteiger partial charge in [0.2, 0.25) is 11.7 Å². The Balaban J connectivity index is 1.03. The van der Waals surface area contributed by atoms with Gasteiger partial charge >= 0.3 is 5.97 Å². The number of aromatic amines is 1. The van der Waals surface area contributed by atoms with Crippen LogP contribution in [0.2, 0.25) is 5.15 Å². The maximum absolute atomic E-state index is 13.6. The smallest absolute Gasteiger partial charge is 0.326 e. The van der Waals surface area contributed by atoms with Crippen LogP contribution < -0.4 is 10.6 Å². The molecule has 14 heteroatoms. The van der Waals surface area contributed by atoms with Crippen molar-refractivity contribution < 1.29 is 19.5 Å². The number of halogens is 1. The third kappa shape index (κ3) is 10.8. The summed E-state index contributed by atoms with van der Waals surface area (Å²) in [6, 6.07) is 32.9. The quantitative estimate of drug-likeness (QED) is 0.0386. The summed E-state index contributed by atoms with van der Waals surface area (Å²) >= 11 is 11.0. The highest BCUT2D eigenvalue weighted by Gasteiger charge is 2.26. The van der Waals surface area contributed by atoms with Gasteiger partial charge in [0.1, 0.15) is 17.6 Å². The first-order valence-electron chi connectivity index (χ1n) is 19.5. The van der Waals surface area contributed by atoms with Crippen molar-refractivity contribution in [2.24, 2.45) is 5.92 Å². The zero-order valence-electron chi connectivity index (χ0n) is 32.3. The lowest BCUT2D eigenvalue weighted by Crippen LogP contribution is -2.44. The number of tetrazole rings is 1. The molecule has 2 amide bonds. The van der Waals surface area contributed by atoms with Crippen molar-refractivity contribution in [1.82, 2.24) is 40.8 Å². The highest BCUT2D eigenvalue weighted by Crippen LogP contribution is 2.30. The zero-order valence-corrected chi connectivity index (χ0v) is 33.9. The first kappa shape index (κ1) is 41.8. The van der Waals surface area contributed by atoms with Gasteiger partial charge in [-0.05, 0) is 70.7 Å². The zero-order chi connectivity index (χ0) is 40.9. The Morgan fingerprint density at radius 2 is 1.52 bits per heavy atom. The summed E-state index contributed by atoms with van der Waals surface area (Å²) in [5.41, 5.74) is 7.19. The molecule has 2 atom stereocenters. The van der Waals surface area contributed by atoms with E-state index in [4.69, 9.17) is 11.6 Å². The average molecular weight is 819 g/mol. The summed E-state index contributed by atoms with van der Waals surface area (Å²) < 4.78 is 1.88. The predicted octanol–water partition coefficient (Wildman–Crippen LogP) is 7.70. The van der Waals surface area contributed by atoms with Crippen molar-refractivity contribution in [1.29, 1.82) is 0 Å². The highest BCUT2D eigenvalue weighted by molar-refractivity contribution is 7.80. The van der Waals surface area contributed by atoms with E-state index in [9.17, 15) is 19.5 Å². The van der Waals surface area contributed by atoms with Gasteiger partial charge in [0, 0.05) is 30.8 Å². The lowest BCUT2D eigenvalue weighted by Gasteiger charge is -2.19. The van der Waals surface area contributed by atoms with Gasteiger partial charge in [-0.3, -0.25) is 9.59 Å². The Morgan fingerprint density at radius 1 is 0.845 bits per heavy atom. The Labute approximate surface area is 348 Å². The molecule has 0 aliphatic heterocycles. The molecule has 0 aliphatic rings. The van der Waals surface area contributed by atoms with Crippen LogP contribution in [0.4, 0.5) is 0 Å². The number of rotatable bonds is 20. The van der Waals surface area contributed by atoms with Crippen molar-refractivity contribution in [3.63, 3.8) is 0 Å². The number of amides is 2. The van der Waals surface area contributed by atoms with E-state index in [0.717, 1.165) is 57.6 Å². The molecule has 58 heavy (non-hydrogen) atoms. The van der Waals surface area contributed by atoms with Crippen LogP contribution >= 0.6 is 24.2 Å². The number of nitrogens with one attached hydrogen (secondary N) is 3. The SMILES string of the molecule is CCCCc1nc(Cl)c(C(=O)NCCCCC(NC(=O)C(CS)Cc2ccc(-c3ccccc3)cc2)C(=O)O)n1Cc1ccc(-c2ccccc2-c2nn[nH]n2)cc1. The van der Waals surface area contributed by atoms with E-state index in [0.29, 0.717) is 38.1 Å². The Hall–Kier alpha value is -5.79. The molecule has 6 rings (SSSR count). The van der Waals surface area contributed by atoms with E-state index < -0.39 is 17.9 Å². The van der Waals surface area contributed by atoms with Crippen LogP contribution in [0.15, 0.2) is 103 Å². The molecule has 2 heterocycles. The number of carboxylic acids is 1. The number of aromatic nitrogens is 6. The number of unbranched alkanes of at least 4 members (excludes halogenated alkanes) is 2. The van der Waals surface area contributed by atoms with Crippen molar-refractivity contribution in [3.05, 3.63) is 131 Å². The van der Waals surface area contributed by atoms with E-state index in [1.54, 1.807) is 0 Å². The first-order valence-corrected chi connectivity index (χ1v) is 20.5. The second kappa shape index (κ2) is 20.6. The number of carboxylic acid groups (broad SMARTS) is 1. The fourth-order valence-electron chi connectivity index (χ4n) is 6.85. The largest absolute Gasteiger partial charge is 0.480 e. The summed E-state index contributed by atoms with van der Waals surface area (Å²) in [5, 5.41) is 30.2. The third-order valence-electron chi connectivity index (χ3n) is 10.0. The fraction of sp³-hybridized carbons (Fsp3) is 0.295. The van der Waals surface area contributed by atoms with Gasteiger partial charge in [0.15, 0.2) is 5.15 Å². The molecule has 0 spiro atoms. The highest BCUT2D eigenvalue weighted by atomic mass is 35.5. The number of hydrogen-bond donors (Lipinski definition) is 5. The van der Waals surface area contributed by atoms with Crippen LogP contribution in [0.5, 0.6) is 0 Å². The number of thiol groups is 1. The molecular weight excluding hydrogens is 772 g/mol. The van der Waals surface area contributed by atoms with Crippen molar-refractivity contribution in [3.8, 4) is 33.6 Å². The van der Waals surface area contributed by atoms with Crippen LogP contribution in [-0.4, -0.2) is 71.4 Å². The van der Waals surface area contributed by atoms with Gasteiger partial charge in [0.05, 0.1) is 5.92 Å². The van der Waals surface area contributed by atoms with Gasteiger partial charge in [-0.15, -0.1) is 10.2 Å². The number of carbonyl (C=O) groups excluding carboxylic acids is 2. The lowest BCUT2D eigenvalue weighted by atomic mass is 9.97. The molecule has 0 fully saturated rings. The fourth-order valence-corrected chi connectivity index (χ4v) is 7.43. The Bertz CT molecular complexity index is 2270. The molecule has 0 saturated carbocycles. The van der Waals surface area contributed by atoms with E-state index in [-0.39, 0.29) is 41.4 Å². The molecule has 0 bridgehead atoms. The van der Waals surface area contributed by atoms with Gasteiger partial charge in [-0.1, -0.05) is 128 Å². The first-order chi connectivity index (χ1) is 28.2. The molecular formula is C44H47ClN8O4S. The van der Waals surface area contributed by atoms with Gasteiger partial charge < -0.3 is 20.3 Å². The van der Waals surface area contributed by atoms with Crippen LogP contribution in [0, 0.1) is 5.92 Å². The average Bonchev–Trinajstić information content (AvgIpc) is 3.90. The maximum atomic E-state index is 13.6. The standard InChI is InChI=1S/C44H47ClN8O4S/c1-2-3-16-38-48-40(45)39(53(38)27-30-19-23-33(24-20-30)35-13-7-8-14-36(35)41-49-51-52-50-41)43(55)46-25-10-9-15-37(44(56)57)47-42(54)34(28-58)26-29-17-21-32(22-18-29)31-11-5-4-6-12-31/h4-8,11-14,17-24,34,37,58H,2-3,9-10,15-16,25-28H2,1H3,(H,46,55)(H,47,54)(H,56,57)(H,49,50,51,52). The van der Waals surface area contributed by atoms with Crippen LogP contribution in [0.1, 0.15) is 66.5 Å². The summed E-state index contributed by atoms with van der Waals surface area (Å²) in [6.07, 6.45) is 4.10. The predicted molar refractivity (Wildman–Crippen MR) is 229 cm³/mol. The third-order valence-corrected chi connectivity index (χ3v) is 10.8. The molecule has 6 aromatic rings. The topological polar surface area (TPSA) is 168 Å². The van der Waals surface area contributed by atoms with Crippen molar-refractivity contribution >= 4 is 42.0 Å². The summed E-state index contributed by atoms with van der Waals surface area (Å²) in [4.78, 5) is 43.6. The van der Waals surface area contributed by atoms with E-state index >= 15 is 0 Å². The van der Waals surface area contributed by atoms with E-state index in [2.05, 4.69) is 55.8 Å². The van der Waals surface area contributed by atoms with Crippen LogP contribution in [0.3, 0.4) is 0 Å². The summed E-state index contributed by atoms with van der Waals surface area (Å²) in [6.45, 7) is 2.77. The molecule has 2 aromatic heterocycles. The number of nitrogens with zero attached hydrogens (tertiary/aromatic N) is 5. The van der Waals surface area contributed by atoms with Crippen molar-refractivity contribution in [2.45, 2.75) is 64.5 Å². The molecule has 4 N–H and O–H groups in total. The monoisotopic (exact) mass is 818 g/mol. The summed E-state index contributed by atoms with van der Waals surface area (Å²) in [7, 11) is 0. The van der Waals surface area contributed by atoms with E-state index in [1.807, 2.05) is 108 Å². The molecule has 300 valence electrons. The Kier molecular flexibility index (Phi) is 14.8. The second-order valence-corrected chi connectivity index (χ2v) is 14.9. The normalized spacial score (nSPS) is 12.2. The molecule has 0 radical (unpaired) electrons. The molecule has 0 saturated heterocycles. The molecule has 12 nitrogen and oxygen atoms in total. The number of aliphatic carboxylic acids is 1. The summed E-state index contributed by atoms with van der Waals surface area (Å²) in [5.74, 6) is -0.814. The van der Waals surface area contributed by atoms with E-state index in [1.165, 1.54) is 0 Å². The number of aryl methyl sites for hydroxylation is 1. The van der Waals surface area contributed by atoms with Crippen LogP contribution in [0.25, 0.3) is 33.6 Å². The minimum absolute atomic E-state index is 0.133. The minimum atomic E-state index is -1.11. The molecule has 2 unspecified atom stereocenters. The number of hydrogen-bond acceptors (Lipinski definition) is 8. The van der Waals surface area contributed by atoms with Crippen LogP contribution in [-0.2, 0) is 29.0 Å². The minimum Gasteiger partial charge on any atom is -0.480 e. The maximum Gasteiger partial charge on any atom is 0.326 e. The Morgan fingerprint density at radius 3 is 2.19 bits per heavy atom. The number of imidazole rings is 1. The van der Waals surface area contributed by atoms with Gasteiger partial charge in [-0.2, -0.15) is 17.8 Å². The van der Waals surface area contributed by atoms with Gasteiger partial charge in [-0.25, -0.2) is 9.78 Å². The second-order valence-electron chi connectivity index (χ2n) is 14.1. The van der Waals surface area contributed by atoms with Crippen molar-refractivity contribution in [2.75, 3.05) is 12.3 Å². The molecule has 0 aliphatic carbocycles. The number of carbonyl (C=O) groups is 3. The number of benzene rings is 4. The lowest BCUT2D eigenvalue weighted by molar-refractivity contribution is -0.142. The number of H-pyrrole nitrogens is 1.